The van der Waals surface area contributed by atoms with Gasteiger partial charge in [-0.2, -0.15) is 5.10 Å². The molecule has 1 aromatic carbocycles. The van der Waals surface area contributed by atoms with Gasteiger partial charge in [-0.25, -0.2) is 13.9 Å². The fraction of sp³-hybridized carbons (Fsp3) is 0.286. The minimum absolute atomic E-state index is 0.0247. The number of hydrogen-bond donors (Lipinski definition) is 1. The first-order chi connectivity index (χ1) is 9.59. The molecular formula is C14H13FN2O3. The van der Waals surface area contributed by atoms with Crippen LogP contribution >= 0.6 is 0 Å². The molecule has 1 aliphatic heterocycles. The molecule has 0 saturated carbocycles. The third kappa shape index (κ3) is 1.89. The summed E-state index contributed by atoms with van der Waals surface area (Å²) in [6.45, 7) is 2.38. The van der Waals surface area contributed by atoms with E-state index in [9.17, 15) is 14.3 Å². The van der Waals surface area contributed by atoms with Gasteiger partial charge in [0.1, 0.15) is 5.82 Å². The minimum atomic E-state index is -1.10. The Morgan fingerprint density at radius 1 is 1.50 bits per heavy atom. The minimum Gasteiger partial charge on any atom is -0.476 e. The lowest BCUT2D eigenvalue weighted by molar-refractivity contribution is 0.0677. The van der Waals surface area contributed by atoms with Crippen LogP contribution in [0, 0.1) is 12.7 Å². The highest BCUT2D eigenvalue weighted by atomic mass is 19.1. The molecule has 3 rings (SSSR count). The summed E-state index contributed by atoms with van der Waals surface area (Å²) in [5, 5.41) is 13.4. The molecule has 1 aliphatic rings. The SMILES string of the molecule is Cc1c(F)cccc1-n1nc(C(=O)O)c2c1CCOC2. The number of ether oxygens (including phenoxy) is 1. The second-order valence-electron chi connectivity index (χ2n) is 4.68. The number of carbonyl (C=O) groups is 1. The zero-order valence-electron chi connectivity index (χ0n) is 10.9. The molecule has 0 bridgehead atoms. The molecule has 2 aromatic rings. The predicted molar refractivity (Wildman–Crippen MR) is 68.6 cm³/mol. The molecule has 0 unspecified atom stereocenters. The second-order valence-corrected chi connectivity index (χ2v) is 4.68. The van der Waals surface area contributed by atoms with Gasteiger partial charge in [0.2, 0.25) is 0 Å². The average Bonchev–Trinajstić information content (AvgIpc) is 2.82. The lowest BCUT2D eigenvalue weighted by atomic mass is 10.1. The van der Waals surface area contributed by atoms with Crippen LogP contribution in [0.4, 0.5) is 4.39 Å². The maximum Gasteiger partial charge on any atom is 0.356 e. The van der Waals surface area contributed by atoms with Gasteiger partial charge in [-0.3, -0.25) is 0 Å². The van der Waals surface area contributed by atoms with E-state index in [2.05, 4.69) is 5.10 Å². The first kappa shape index (κ1) is 12.8. The van der Waals surface area contributed by atoms with E-state index < -0.39 is 5.97 Å². The number of fused-ring (bicyclic) bond motifs is 1. The molecule has 0 radical (unpaired) electrons. The molecule has 0 fully saturated rings. The molecule has 0 atom stereocenters. The van der Waals surface area contributed by atoms with Gasteiger partial charge in [0.25, 0.3) is 0 Å². The quantitative estimate of drug-likeness (QED) is 0.912. The highest BCUT2D eigenvalue weighted by molar-refractivity contribution is 5.87. The Balaban J connectivity index is 2.24. The van der Waals surface area contributed by atoms with E-state index in [1.165, 1.54) is 10.7 Å². The summed E-state index contributed by atoms with van der Waals surface area (Å²) in [5.74, 6) is -1.43. The number of aromatic carboxylic acids is 1. The fourth-order valence-corrected chi connectivity index (χ4v) is 2.43. The van der Waals surface area contributed by atoms with Crippen LogP contribution < -0.4 is 0 Å². The van der Waals surface area contributed by atoms with Gasteiger partial charge >= 0.3 is 5.97 Å². The molecule has 20 heavy (non-hydrogen) atoms. The zero-order chi connectivity index (χ0) is 14.3. The predicted octanol–water partition coefficient (Wildman–Crippen LogP) is 2.09. The molecule has 6 heteroatoms. The van der Waals surface area contributed by atoms with Gasteiger partial charge in [-0.15, -0.1) is 0 Å². The van der Waals surface area contributed by atoms with E-state index in [1.807, 2.05) is 0 Å². The molecule has 1 N–H and O–H groups in total. The van der Waals surface area contributed by atoms with Crippen LogP contribution in [0.25, 0.3) is 5.69 Å². The average molecular weight is 276 g/mol. The van der Waals surface area contributed by atoms with Crippen molar-refractivity contribution in [3.8, 4) is 5.69 Å². The first-order valence-electron chi connectivity index (χ1n) is 6.27. The third-order valence-electron chi connectivity index (χ3n) is 3.49. The standard InChI is InChI=1S/C14H13FN2O3/c1-8-10(15)3-2-4-11(8)17-12-5-6-20-7-9(12)13(16-17)14(18)19/h2-4H,5-7H2,1H3,(H,18,19). The van der Waals surface area contributed by atoms with E-state index >= 15 is 0 Å². The Labute approximate surface area is 114 Å². The van der Waals surface area contributed by atoms with Crippen molar-refractivity contribution < 1.29 is 19.0 Å². The van der Waals surface area contributed by atoms with Gasteiger partial charge in [0.05, 0.1) is 24.6 Å². The topological polar surface area (TPSA) is 64.4 Å². The fourth-order valence-electron chi connectivity index (χ4n) is 2.43. The largest absolute Gasteiger partial charge is 0.476 e. The van der Waals surface area contributed by atoms with Crippen molar-refractivity contribution in [2.24, 2.45) is 0 Å². The summed E-state index contributed by atoms with van der Waals surface area (Å²) in [6.07, 6.45) is 0.561. The van der Waals surface area contributed by atoms with Crippen LogP contribution in [-0.2, 0) is 17.8 Å². The van der Waals surface area contributed by atoms with Gasteiger partial charge < -0.3 is 9.84 Å². The summed E-state index contributed by atoms with van der Waals surface area (Å²) in [7, 11) is 0. The molecule has 0 saturated heterocycles. The molecule has 0 spiro atoms. The molecule has 5 nitrogen and oxygen atoms in total. The van der Waals surface area contributed by atoms with Gasteiger partial charge in [0.15, 0.2) is 5.69 Å². The maximum atomic E-state index is 13.7. The number of nitrogens with zero attached hydrogens (tertiary/aromatic N) is 2. The lowest BCUT2D eigenvalue weighted by Crippen LogP contribution is -2.14. The first-order valence-corrected chi connectivity index (χ1v) is 6.27. The smallest absolute Gasteiger partial charge is 0.356 e. The van der Waals surface area contributed by atoms with Crippen molar-refractivity contribution in [2.45, 2.75) is 20.0 Å². The van der Waals surface area contributed by atoms with E-state index in [1.54, 1.807) is 19.1 Å². The van der Waals surface area contributed by atoms with Gasteiger partial charge in [-0.1, -0.05) is 6.07 Å². The van der Waals surface area contributed by atoms with Crippen molar-refractivity contribution >= 4 is 5.97 Å². The monoisotopic (exact) mass is 276 g/mol. The van der Waals surface area contributed by atoms with Crippen LogP contribution in [-0.4, -0.2) is 27.5 Å². The van der Waals surface area contributed by atoms with Gasteiger partial charge in [-0.05, 0) is 19.1 Å². The van der Waals surface area contributed by atoms with Crippen LogP contribution in [0.3, 0.4) is 0 Å². The Morgan fingerprint density at radius 2 is 2.30 bits per heavy atom. The Morgan fingerprint density at radius 3 is 3.05 bits per heavy atom. The summed E-state index contributed by atoms with van der Waals surface area (Å²) in [4.78, 5) is 11.3. The second kappa shape index (κ2) is 4.72. The number of hydrogen-bond acceptors (Lipinski definition) is 3. The third-order valence-corrected chi connectivity index (χ3v) is 3.49. The van der Waals surface area contributed by atoms with E-state index in [4.69, 9.17) is 4.74 Å². The van der Waals surface area contributed by atoms with Crippen LogP contribution in [0.2, 0.25) is 0 Å². The van der Waals surface area contributed by atoms with Crippen LogP contribution in [0.5, 0.6) is 0 Å². The summed E-state index contributed by atoms with van der Waals surface area (Å²) in [5.41, 5.74) is 2.34. The Kier molecular flexibility index (Phi) is 3.02. The molecule has 0 amide bonds. The van der Waals surface area contributed by atoms with Crippen molar-refractivity contribution in [2.75, 3.05) is 6.61 Å². The van der Waals surface area contributed by atoms with E-state index in [-0.39, 0.29) is 18.1 Å². The number of benzene rings is 1. The summed E-state index contributed by atoms with van der Waals surface area (Å²) < 4.78 is 20.5. The number of aromatic nitrogens is 2. The van der Waals surface area contributed by atoms with Crippen LogP contribution in [0.15, 0.2) is 18.2 Å². The number of rotatable bonds is 2. The number of carboxylic acid groups (broad SMARTS) is 1. The normalized spacial score (nSPS) is 14.1. The van der Waals surface area contributed by atoms with E-state index in [0.717, 1.165) is 5.69 Å². The Bertz CT molecular complexity index is 694. The molecule has 104 valence electrons. The Hall–Kier alpha value is -2.21. The number of carboxylic acids is 1. The van der Waals surface area contributed by atoms with Crippen molar-refractivity contribution in [1.82, 2.24) is 9.78 Å². The molecule has 0 aliphatic carbocycles. The molecule has 2 heterocycles. The number of halogens is 1. The van der Waals surface area contributed by atoms with Crippen molar-refractivity contribution in [1.29, 1.82) is 0 Å². The summed E-state index contributed by atoms with van der Waals surface area (Å²) in [6, 6.07) is 4.69. The summed E-state index contributed by atoms with van der Waals surface area (Å²) >= 11 is 0. The highest BCUT2D eigenvalue weighted by Gasteiger charge is 2.26. The van der Waals surface area contributed by atoms with E-state index in [0.29, 0.717) is 29.8 Å². The van der Waals surface area contributed by atoms with Crippen molar-refractivity contribution in [3.63, 3.8) is 0 Å². The maximum absolute atomic E-state index is 13.7. The van der Waals surface area contributed by atoms with Gasteiger partial charge in [0, 0.05) is 17.5 Å². The van der Waals surface area contributed by atoms with Crippen molar-refractivity contribution in [3.05, 3.63) is 46.5 Å². The highest BCUT2D eigenvalue weighted by Crippen LogP contribution is 2.26. The lowest BCUT2D eigenvalue weighted by Gasteiger charge is -2.16. The molecular weight excluding hydrogens is 263 g/mol. The molecule has 1 aromatic heterocycles. The zero-order valence-corrected chi connectivity index (χ0v) is 10.9. The van der Waals surface area contributed by atoms with Crippen LogP contribution in [0.1, 0.15) is 27.3 Å².